The molecule has 0 spiro atoms. The van der Waals surface area contributed by atoms with Crippen molar-refractivity contribution in [2.45, 2.75) is 0 Å². The number of imide groups is 1. The van der Waals surface area contributed by atoms with E-state index in [0.717, 1.165) is 10.4 Å². The average Bonchev–Trinajstić information content (AvgIpc) is 3.13. The molecule has 0 saturated carbocycles. The summed E-state index contributed by atoms with van der Waals surface area (Å²) in [7, 11) is 0. The highest BCUT2D eigenvalue weighted by molar-refractivity contribution is 6.25. The zero-order valence-electron chi connectivity index (χ0n) is 13.5. The minimum absolute atomic E-state index is 0.180. The predicted molar refractivity (Wildman–Crippen MR) is 94.6 cm³/mol. The van der Waals surface area contributed by atoms with Crippen molar-refractivity contribution in [2.75, 3.05) is 6.79 Å². The third-order valence-corrected chi connectivity index (χ3v) is 4.47. The van der Waals surface area contributed by atoms with Gasteiger partial charge in [-0.2, -0.15) is 10.1 Å². The van der Waals surface area contributed by atoms with Crippen molar-refractivity contribution in [3.63, 3.8) is 0 Å². The minimum atomic E-state index is -0.434. The molecule has 26 heavy (non-hydrogen) atoms. The molecule has 0 atom stereocenters. The molecule has 0 aliphatic carbocycles. The quantitative estimate of drug-likeness (QED) is 0.529. The number of benzene rings is 3. The summed E-state index contributed by atoms with van der Waals surface area (Å²) in [6.45, 7) is 0.180. The number of hydrogen-bond donors (Lipinski definition) is 0. The van der Waals surface area contributed by atoms with Gasteiger partial charge in [-0.3, -0.25) is 9.59 Å². The van der Waals surface area contributed by atoms with E-state index in [1.54, 1.807) is 42.5 Å². The highest BCUT2D eigenvalue weighted by Gasteiger charge is 2.32. The van der Waals surface area contributed by atoms with E-state index in [-0.39, 0.29) is 6.79 Å². The predicted octanol–water partition coefficient (Wildman–Crippen LogP) is 3.20. The maximum atomic E-state index is 12.8. The molecule has 126 valence electrons. The second-order valence-corrected chi connectivity index (χ2v) is 5.99. The Morgan fingerprint density at radius 1 is 0.885 bits per heavy atom. The van der Waals surface area contributed by atoms with Gasteiger partial charge in [0, 0.05) is 5.39 Å². The minimum Gasteiger partial charge on any atom is -0.454 e. The summed E-state index contributed by atoms with van der Waals surface area (Å²) in [6.07, 6.45) is 1.46. The van der Waals surface area contributed by atoms with Crippen molar-refractivity contribution in [3.05, 3.63) is 71.3 Å². The van der Waals surface area contributed by atoms with E-state index >= 15 is 0 Å². The van der Waals surface area contributed by atoms with E-state index < -0.39 is 11.8 Å². The molecular weight excluding hydrogens is 332 g/mol. The third kappa shape index (κ3) is 2.09. The first-order chi connectivity index (χ1) is 12.7. The lowest BCUT2D eigenvalue weighted by molar-refractivity contribution is 0.0616. The SMILES string of the molecule is O=C1c2cccc3cccc(c23)C(=O)N1/N=C/c1ccc2c(c1)OCO2. The Kier molecular flexibility index (Phi) is 3.05. The van der Waals surface area contributed by atoms with Crippen LogP contribution in [0, 0.1) is 0 Å². The van der Waals surface area contributed by atoms with Crippen LogP contribution in [-0.4, -0.2) is 29.8 Å². The molecule has 0 aromatic heterocycles. The fraction of sp³-hybridized carbons (Fsp3) is 0.0500. The molecule has 2 heterocycles. The molecule has 0 saturated heterocycles. The van der Waals surface area contributed by atoms with Gasteiger partial charge >= 0.3 is 0 Å². The van der Waals surface area contributed by atoms with Gasteiger partial charge in [-0.05, 0) is 41.3 Å². The lowest BCUT2D eigenvalue weighted by atomic mass is 9.95. The number of ether oxygens (including phenoxy) is 2. The second kappa shape index (κ2) is 5.42. The van der Waals surface area contributed by atoms with Gasteiger partial charge in [0.2, 0.25) is 6.79 Å². The molecule has 0 radical (unpaired) electrons. The molecule has 5 rings (SSSR count). The summed E-state index contributed by atoms with van der Waals surface area (Å²) in [5.74, 6) is 0.404. The van der Waals surface area contributed by atoms with Crippen LogP contribution in [0.15, 0.2) is 59.7 Å². The van der Waals surface area contributed by atoms with Crippen LogP contribution in [-0.2, 0) is 0 Å². The topological polar surface area (TPSA) is 68.2 Å². The normalized spacial score (nSPS) is 15.3. The van der Waals surface area contributed by atoms with Crippen molar-refractivity contribution < 1.29 is 19.1 Å². The van der Waals surface area contributed by atoms with E-state index in [0.29, 0.717) is 33.6 Å². The Balaban J connectivity index is 1.54. The fourth-order valence-corrected chi connectivity index (χ4v) is 3.24. The second-order valence-electron chi connectivity index (χ2n) is 5.99. The van der Waals surface area contributed by atoms with E-state index in [1.807, 2.05) is 12.1 Å². The molecule has 0 unspecified atom stereocenters. The molecule has 0 N–H and O–H groups in total. The molecule has 6 heteroatoms. The maximum Gasteiger partial charge on any atom is 0.282 e. The van der Waals surface area contributed by atoms with E-state index in [4.69, 9.17) is 9.47 Å². The van der Waals surface area contributed by atoms with Crippen LogP contribution in [0.5, 0.6) is 11.5 Å². The first kappa shape index (κ1) is 14.7. The number of hydrazone groups is 1. The van der Waals surface area contributed by atoms with Crippen LogP contribution in [0.4, 0.5) is 0 Å². The Hall–Kier alpha value is -3.67. The van der Waals surface area contributed by atoms with Crippen LogP contribution < -0.4 is 9.47 Å². The molecule has 2 amide bonds. The van der Waals surface area contributed by atoms with Crippen molar-refractivity contribution in [2.24, 2.45) is 5.10 Å². The molecule has 3 aromatic carbocycles. The lowest BCUT2D eigenvalue weighted by Gasteiger charge is -2.22. The van der Waals surface area contributed by atoms with Crippen LogP contribution in [0.25, 0.3) is 10.8 Å². The Morgan fingerprint density at radius 3 is 2.31 bits per heavy atom. The van der Waals surface area contributed by atoms with Gasteiger partial charge < -0.3 is 9.47 Å². The molecular formula is C20H12N2O4. The van der Waals surface area contributed by atoms with E-state index in [9.17, 15) is 9.59 Å². The summed E-state index contributed by atoms with van der Waals surface area (Å²) in [5, 5.41) is 6.59. The first-order valence-corrected chi connectivity index (χ1v) is 8.06. The number of fused-ring (bicyclic) bond motifs is 1. The smallest absolute Gasteiger partial charge is 0.282 e. The Labute approximate surface area is 148 Å². The van der Waals surface area contributed by atoms with E-state index in [1.165, 1.54) is 6.21 Å². The number of rotatable bonds is 2. The van der Waals surface area contributed by atoms with Crippen molar-refractivity contribution in [1.29, 1.82) is 0 Å². The third-order valence-electron chi connectivity index (χ3n) is 4.47. The monoisotopic (exact) mass is 344 g/mol. The van der Waals surface area contributed by atoms with E-state index in [2.05, 4.69) is 5.10 Å². The number of nitrogens with zero attached hydrogens (tertiary/aromatic N) is 2. The number of amides is 2. The van der Waals surface area contributed by atoms with Gasteiger partial charge in [0.25, 0.3) is 11.8 Å². The van der Waals surface area contributed by atoms with Gasteiger partial charge in [0.15, 0.2) is 11.5 Å². The summed E-state index contributed by atoms with van der Waals surface area (Å²) < 4.78 is 10.6. The van der Waals surface area contributed by atoms with Crippen LogP contribution in [0.1, 0.15) is 26.3 Å². The van der Waals surface area contributed by atoms with Gasteiger partial charge in [-0.1, -0.05) is 24.3 Å². The summed E-state index contributed by atoms with van der Waals surface area (Å²) in [4.78, 5) is 25.5. The maximum absolute atomic E-state index is 12.8. The molecule has 0 bridgehead atoms. The molecule has 2 aliphatic rings. The molecule has 0 fully saturated rings. The van der Waals surface area contributed by atoms with Crippen LogP contribution in [0.2, 0.25) is 0 Å². The highest BCUT2D eigenvalue weighted by Crippen LogP contribution is 2.32. The molecule has 3 aromatic rings. The zero-order chi connectivity index (χ0) is 17.7. The summed E-state index contributed by atoms with van der Waals surface area (Å²) in [5.41, 5.74) is 1.65. The average molecular weight is 344 g/mol. The number of hydrogen-bond acceptors (Lipinski definition) is 5. The zero-order valence-corrected chi connectivity index (χ0v) is 13.5. The van der Waals surface area contributed by atoms with Crippen LogP contribution in [0.3, 0.4) is 0 Å². The lowest BCUT2D eigenvalue weighted by Crippen LogP contribution is -2.36. The largest absolute Gasteiger partial charge is 0.454 e. The van der Waals surface area contributed by atoms with Crippen LogP contribution >= 0.6 is 0 Å². The molecule has 6 nitrogen and oxygen atoms in total. The number of carbonyl (C=O) groups is 2. The fourth-order valence-electron chi connectivity index (χ4n) is 3.24. The van der Waals surface area contributed by atoms with Gasteiger partial charge in [-0.25, -0.2) is 0 Å². The van der Waals surface area contributed by atoms with Crippen molar-refractivity contribution in [1.82, 2.24) is 5.01 Å². The molecule has 2 aliphatic heterocycles. The van der Waals surface area contributed by atoms with Gasteiger partial charge in [-0.15, -0.1) is 0 Å². The first-order valence-electron chi connectivity index (χ1n) is 8.06. The van der Waals surface area contributed by atoms with Gasteiger partial charge in [0.05, 0.1) is 17.3 Å². The van der Waals surface area contributed by atoms with Crippen molar-refractivity contribution >= 4 is 28.8 Å². The standard InChI is InChI=1S/C20H12N2O4/c23-19-14-5-1-3-13-4-2-6-15(18(13)14)20(24)22(19)21-10-12-7-8-16-17(9-12)26-11-25-16/h1-10H,11H2/b21-10+. The highest BCUT2D eigenvalue weighted by atomic mass is 16.7. The number of carbonyl (C=O) groups excluding carboxylic acids is 2. The summed E-state index contributed by atoms with van der Waals surface area (Å²) in [6, 6.07) is 16.1. The van der Waals surface area contributed by atoms with Gasteiger partial charge in [0.1, 0.15) is 0 Å². The summed E-state index contributed by atoms with van der Waals surface area (Å²) >= 11 is 0. The Bertz CT molecular complexity index is 1070. The Morgan fingerprint density at radius 2 is 1.58 bits per heavy atom. The van der Waals surface area contributed by atoms with Crippen molar-refractivity contribution in [3.8, 4) is 11.5 Å².